The van der Waals surface area contributed by atoms with Crippen LogP contribution in [0.2, 0.25) is 0 Å². The molecule has 1 aliphatic heterocycles. The average Bonchev–Trinajstić information content (AvgIpc) is 3.06. The first kappa shape index (κ1) is 21.2. The van der Waals surface area contributed by atoms with Gasteiger partial charge in [0.1, 0.15) is 5.75 Å². The summed E-state index contributed by atoms with van der Waals surface area (Å²) in [6, 6.07) is 13.8. The Hall–Kier alpha value is -1.82. The highest BCUT2D eigenvalue weighted by molar-refractivity contribution is 5.85. The van der Waals surface area contributed by atoms with E-state index in [-0.39, 0.29) is 37.3 Å². The Bertz CT molecular complexity index is 643. The molecule has 1 aromatic heterocycles. The van der Waals surface area contributed by atoms with Crippen LogP contribution in [0.1, 0.15) is 11.5 Å². The fraction of sp³-hybridized carbons (Fsp3) is 0.333. The molecule has 1 aliphatic rings. The minimum Gasteiger partial charge on any atom is -0.482 e. The Balaban J connectivity index is 0.00000156. The second-order valence-electron chi connectivity index (χ2n) is 5.79. The van der Waals surface area contributed by atoms with Gasteiger partial charge in [-0.3, -0.25) is 9.78 Å². The molecule has 2 N–H and O–H groups in total. The Morgan fingerprint density at radius 3 is 2.56 bits per heavy atom. The fourth-order valence-corrected chi connectivity index (χ4v) is 3.06. The molecule has 2 aromatic rings. The number of nitrogens with zero attached hydrogens (tertiary/aromatic N) is 2. The molecule has 7 heteroatoms. The predicted octanol–water partition coefficient (Wildman–Crippen LogP) is 2.50. The van der Waals surface area contributed by atoms with Crippen LogP contribution in [0.3, 0.4) is 0 Å². The Morgan fingerprint density at radius 2 is 1.92 bits per heavy atom. The van der Waals surface area contributed by atoms with E-state index in [1.165, 1.54) is 5.56 Å². The molecule has 1 saturated heterocycles. The molecule has 5 nitrogen and oxygen atoms in total. The zero-order chi connectivity index (χ0) is 16.1. The highest BCUT2D eigenvalue weighted by Crippen LogP contribution is 2.32. The van der Waals surface area contributed by atoms with Crippen LogP contribution in [0.4, 0.5) is 0 Å². The lowest BCUT2D eigenvalue weighted by Gasteiger charge is -2.17. The number of hydrogen-bond acceptors (Lipinski definition) is 4. The van der Waals surface area contributed by atoms with E-state index >= 15 is 0 Å². The number of halogens is 2. The molecule has 2 heterocycles. The van der Waals surface area contributed by atoms with Crippen molar-refractivity contribution in [1.29, 1.82) is 0 Å². The number of hydrogen-bond donors (Lipinski definition) is 1. The van der Waals surface area contributed by atoms with Crippen LogP contribution in [-0.2, 0) is 4.79 Å². The van der Waals surface area contributed by atoms with Crippen LogP contribution >= 0.6 is 24.8 Å². The maximum atomic E-state index is 12.4. The van der Waals surface area contributed by atoms with Crippen molar-refractivity contribution in [1.82, 2.24) is 9.88 Å². The largest absolute Gasteiger partial charge is 0.482 e. The number of rotatable bonds is 5. The van der Waals surface area contributed by atoms with Crippen LogP contribution < -0.4 is 10.5 Å². The number of amides is 1. The molecular weight excluding hydrogens is 361 g/mol. The third kappa shape index (κ3) is 5.33. The SMILES string of the molecule is Cl.Cl.NC[C@@H]1CN(C(=O)COc2cccnc2)C[C@H]1c1ccccc1. The summed E-state index contributed by atoms with van der Waals surface area (Å²) in [4.78, 5) is 18.2. The molecule has 1 fully saturated rings. The van der Waals surface area contributed by atoms with Gasteiger partial charge in [-0.1, -0.05) is 30.3 Å². The number of aromatic nitrogens is 1. The number of carbonyl (C=O) groups is 1. The van der Waals surface area contributed by atoms with Gasteiger partial charge in [-0.05, 0) is 30.2 Å². The number of nitrogens with two attached hydrogens (primary N) is 1. The highest BCUT2D eigenvalue weighted by Gasteiger charge is 2.35. The Kier molecular flexibility index (Phi) is 8.69. The van der Waals surface area contributed by atoms with Gasteiger partial charge in [-0.25, -0.2) is 0 Å². The molecule has 0 spiro atoms. The first-order valence-electron chi connectivity index (χ1n) is 7.83. The van der Waals surface area contributed by atoms with Crippen molar-refractivity contribution in [2.75, 3.05) is 26.2 Å². The third-order valence-electron chi connectivity index (χ3n) is 4.32. The van der Waals surface area contributed by atoms with Gasteiger partial charge in [0.25, 0.3) is 5.91 Å². The van der Waals surface area contributed by atoms with E-state index in [1.807, 2.05) is 23.1 Å². The van der Waals surface area contributed by atoms with Gasteiger partial charge in [0.05, 0.1) is 6.20 Å². The van der Waals surface area contributed by atoms with Crippen LogP contribution in [0.25, 0.3) is 0 Å². The predicted molar refractivity (Wildman–Crippen MR) is 103 cm³/mol. The van der Waals surface area contributed by atoms with Gasteiger partial charge < -0.3 is 15.4 Å². The molecule has 3 rings (SSSR count). The summed E-state index contributed by atoms with van der Waals surface area (Å²) in [6.07, 6.45) is 3.28. The van der Waals surface area contributed by atoms with Crippen LogP contribution in [0.5, 0.6) is 5.75 Å². The standard InChI is InChI=1S/C18H21N3O2.2ClH/c19-9-15-11-21(12-17(15)14-5-2-1-3-6-14)18(22)13-23-16-7-4-8-20-10-16;;/h1-8,10,15,17H,9,11-13,19H2;2*1H/t15-,17+;;/m1../s1. The van der Waals surface area contributed by atoms with Crippen molar-refractivity contribution < 1.29 is 9.53 Å². The van der Waals surface area contributed by atoms with E-state index in [4.69, 9.17) is 10.5 Å². The van der Waals surface area contributed by atoms with Gasteiger partial charge in [0, 0.05) is 25.2 Å². The monoisotopic (exact) mass is 383 g/mol. The quantitative estimate of drug-likeness (QED) is 0.860. The van der Waals surface area contributed by atoms with Crippen molar-refractivity contribution in [2.45, 2.75) is 5.92 Å². The first-order valence-corrected chi connectivity index (χ1v) is 7.83. The fourth-order valence-electron chi connectivity index (χ4n) is 3.06. The van der Waals surface area contributed by atoms with Crippen molar-refractivity contribution in [2.24, 2.45) is 11.7 Å². The van der Waals surface area contributed by atoms with Gasteiger partial charge >= 0.3 is 0 Å². The summed E-state index contributed by atoms with van der Waals surface area (Å²) >= 11 is 0. The molecule has 0 unspecified atom stereocenters. The smallest absolute Gasteiger partial charge is 0.260 e. The molecular formula is C18H23Cl2N3O2. The Morgan fingerprint density at radius 1 is 1.16 bits per heavy atom. The molecule has 0 aliphatic carbocycles. The van der Waals surface area contributed by atoms with Crippen LogP contribution in [-0.4, -0.2) is 42.0 Å². The van der Waals surface area contributed by atoms with Crippen LogP contribution in [0, 0.1) is 5.92 Å². The summed E-state index contributed by atoms with van der Waals surface area (Å²) in [7, 11) is 0. The van der Waals surface area contributed by atoms with Crippen molar-refractivity contribution in [3.8, 4) is 5.75 Å². The maximum absolute atomic E-state index is 12.4. The zero-order valence-corrected chi connectivity index (χ0v) is 15.4. The number of carbonyl (C=O) groups excluding carboxylic acids is 1. The minimum atomic E-state index is -0.00858. The number of benzene rings is 1. The second kappa shape index (κ2) is 10.2. The lowest BCUT2D eigenvalue weighted by molar-refractivity contribution is -0.132. The third-order valence-corrected chi connectivity index (χ3v) is 4.32. The summed E-state index contributed by atoms with van der Waals surface area (Å²) in [5.41, 5.74) is 7.15. The van der Waals surface area contributed by atoms with Crippen molar-refractivity contribution in [3.63, 3.8) is 0 Å². The van der Waals surface area contributed by atoms with E-state index in [9.17, 15) is 4.79 Å². The van der Waals surface area contributed by atoms with Crippen molar-refractivity contribution >= 4 is 30.7 Å². The average molecular weight is 384 g/mol. The second-order valence-corrected chi connectivity index (χ2v) is 5.79. The van der Waals surface area contributed by atoms with E-state index in [0.717, 1.165) is 0 Å². The molecule has 0 radical (unpaired) electrons. The number of ether oxygens (including phenoxy) is 1. The topological polar surface area (TPSA) is 68.5 Å². The molecule has 1 amide bonds. The summed E-state index contributed by atoms with van der Waals surface area (Å²) < 4.78 is 5.51. The Labute approximate surface area is 160 Å². The van der Waals surface area contributed by atoms with E-state index in [1.54, 1.807) is 24.5 Å². The maximum Gasteiger partial charge on any atom is 0.260 e. The van der Waals surface area contributed by atoms with Crippen molar-refractivity contribution in [3.05, 3.63) is 60.4 Å². The lowest BCUT2D eigenvalue weighted by atomic mass is 9.89. The van der Waals surface area contributed by atoms with Gasteiger partial charge in [-0.2, -0.15) is 0 Å². The van der Waals surface area contributed by atoms with Crippen LogP contribution in [0.15, 0.2) is 54.9 Å². The van der Waals surface area contributed by atoms with Gasteiger partial charge in [-0.15, -0.1) is 24.8 Å². The number of pyridine rings is 1. The number of likely N-dealkylation sites (tertiary alicyclic amines) is 1. The normalized spacial score (nSPS) is 18.8. The van der Waals surface area contributed by atoms with E-state index < -0.39 is 0 Å². The minimum absolute atomic E-state index is 0. The zero-order valence-electron chi connectivity index (χ0n) is 13.8. The molecule has 1 aromatic carbocycles. The molecule has 25 heavy (non-hydrogen) atoms. The molecule has 0 bridgehead atoms. The summed E-state index contributed by atoms with van der Waals surface area (Å²) in [5, 5.41) is 0. The van der Waals surface area contributed by atoms with E-state index in [0.29, 0.717) is 37.2 Å². The van der Waals surface area contributed by atoms with E-state index in [2.05, 4.69) is 17.1 Å². The summed E-state index contributed by atoms with van der Waals surface area (Å²) in [5.74, 6) is 1.18. The summed E-state index contributed by atoms with van der Waals surface area (Å²) in [6.45, 7) is 1.99. The van der Waals surface area contributed by atoms with Gasteiger partial charge in [0.15, 0.2) is 6.61 Å². The molecule has 0 saturated carbocycles. The first-order chi connectivity index (χ1) is 11.3. The highest BCUT2D eigenvalue weighted by atomic mass is 35.5. The molecule has 2 atom stereocenters. The lowest BCUT2D eigenvalue weighted by Crippen LogP contribution is -2.33. The van der Waals surface area contributed by atoms with Gasteiger partial charge in [0.2, 0.25) is 0 Å². The molecule has 136 valence electrons.